The smallest absolute Gasteiger partial charge is 0.182 e. The minimum atomic E-state index is 0.684. The van der Waals surface area contributed by atoms with Crippen LogP contribution in [0.1, 0.15) is 0 Å². The molecule has 0 aliphatic heterocycles. The van der Waals surface area contributed by atoms with Crippen LogP contribution in [0.25, 0.3) is 11.4 Å². The van der Waals surface area contributed by atoms with Gasteiger partial charge in [0.2, 0.25) is 0 Å². The normalized spacial score (nSPS) is 10.3. The summed E-state index contributed by atoms with van der Waals surface area (Å²) in [5, 5.41) is 4.24. The van der Waals surface area contributed by atoms with Gasteiger partial charge in [-0.2, -0.15) is 5.10 Å². The first-order valence-electron chi connectivity index (χ1n) is 4.41. The summed E-state index contributed by atoms with van der Waals surface area (Å²) in [4.78, 5) is 4.19. The van der Waals surface area contributed by atoms with Crippen LogP contribution in [0.2, 0.25) is 0 Å². The van der Waals surface area contributed by atoms with E-state index < -0.39 is 0 Å². The van der Waals surface area contributed by atoms with E-state index in [4.69, 9.17) is 4.74 Å². The predicted molar refractivity (Wildman–Crippen MR) is 60.7 cm³/mol. The average Bonchev–Trinajstić information content (AvgIpc) is 2.65. The van der Waals surface area contributed by atoms with Crippen molar-refractivity contribution in [2.45, 2.75) is 0 Å². The Kier molecular flexibility index (Phi) is 2.73. The zero-order valence-corrected chi connectivity index (χ0v) is 10.0. The lowest BCUT2D eigenvalue weighted by Crippen LogP contribution is -1.90. The summed E-state index contributed by atoms with van der Waals surface area (Å²) in [6, 6.07) is 5.74. The van der Waals surface area contributed by atoms with Crippen LogP contribution in [0.4, 0.5) is 0 Å². The second-order valence-corrected chi connectivity index (χ2v) is 3.86. The lowest BCUT2D eigenvalue weighted by Gasteiger charge is -2.05. The van der Waals surface area contributed by atoms with Crippen molar-refractivity contribution in [1.82, 2.24) is 14.8 Å². The van der Waals surface area contributed by atoms with E-state index in [0.29, 0.717) is 5.82 Å². The summed E-state index contributed by atoms with van der Waals surface area (Å²) in [7, 11) is 3.47. The zero-order chi connectivity index (χ0) is 10.8. The van der Waals surface area contributed by atoms with Gasteiger partial charge in [0.1, 0.15) is 12.1 Å². The Morgan fingerprint density at radius 1 is 1.40 bits per heavy atom. The van der Waals surface area contributed by atoms with Crippen LogP contribution in [0, 0.1) is 0 Å². The number of hydrogen-bond acceptors (Lipinski definition) is 3. The molecule has 0 radical (unpaired) electrons. The van der Waals surface area contributed by atoms with Gasteiger partial charge in [-0.1, -0.05) is 6.07 Å². The summed E-state index contributed by atoms with van der Waals surface area (Å²) in [5.74, 6) is 1.46. The van der Waals surface area contributed by atoms with Gasteiger partial charge in [0.25, 0.3) is 0 Å². The third-order valence-electron chi connectivity index (χ3n) is 2.02. The van der Waals surface area contributed by atoms with E-state index in [1.807, 2.05) is 25.2 Å². The molecule has 0 aliphatic carbocycles. The number of halogens is 1. The van der Waals surface area contributed by atoms with Gasteiger partial charge in [0.15, 0.2) is 5.82 Å². The van der Waals surface area contributed by atoms with Crippen molar-refractivity contribution >= 4 is 15.9 Å². The quantitative estimate of drug-likeness (QED) is 0.838. The van der Waals surface area contributed by atoms with E-state index in [1.54, 1.807) is 18.1 Å². The maximum atomic E-state index is 5.20. The van der Waals surface area contributed by atoms with Gasteiger partial charge >= 0.3 is 0 Å². The SMILES string of the molecule is COc1cccc(-c2ncn(C)n2)c1Br. The first-order valence-corrected chi connectivity index (χ1v) is 5.20. The molecule has 4 nitrogen and oxygen atoms in total. The lowest BCUT2D eigenvalue weighted by molar-refractivity contribution is 0.412. The molecule has 15 heavy (non-hydrogen) atoms. The minimum absolute atomic E-state index is 0.684. The van der Waals surface area contributed by atoms with Crippen LogP contribution >= 0.6 is 15.9 Å². The fourth-order valence-electron chi connectivity index (χ4n) is 1.30. The Balaban J connectivity index is 2.53. The molecule has 0 fully saturated rings. The Hall–Kier alpha value is -1.36. The van der Waals surface area contributed by atoms with E-state index in [9.17, 15) is 0 Å². The molecule has 0 saturated carbocycles. The summed E-state index contributed by atoms with van der Waals surface area (Å²) >= 11 is 3.47. The number of hydrogen-bond donors (Lipinski definition) is 0. The maximum absolute atomic E-state index is 5.20. The van der Waals surface area contributed by atoms with E-state index >= 15 is 0 Å². The second-order valence-electron chi connectivity index (χ2n) is 3.06. The van der Waals surface area contributed by atoms with Gasteiger partial charge < -0.3 is 4.74 Å². The highest BCUT2D eigenvalue weighted by Crippen LogP contribution is 2.33. The monoisotopic (exact) mass is 267 g/mol. The van der Waals surface area contributed by atoms with Crippen molar-refractivity contribution < 1.29 is 4.74 Å². The van der Waals surface area contributed by atoms with Gasteiger partial charge in [0.05, 0.1) is 11.6 Å². The molecule has 0 spiro atoms. The number of ether oxygens (including phenoxy) is 1. The van der Waals surface area contributed by atoms with E-state index in [0.717, 1.165) is 15.8 Å². The Labute approximate surface area is 96.0 Å². The van der Waals surface area contributed by atoms with Crippen LogP contribution < -0.4 is 4.74 Å². The first kappa shape index (κ1) is 10.2. The third-order valence-corrected chi connectivity index (χ3v) is 2.84. The van der Waals surface area contributed by atoms with Crippen molar-refractivity contribution in [3.8, 4) is 17.1 Å². The maximum Gasteiger partial charge on any atom is 0.182 e. The summed E-state index contributed by atoms with van der Waals surface area (Å²) in [6.07, 6.45) is 1.67. The molecule has 1 aromatic heterocycles. The van der Waals surface area contributed by atoms with Crippen molar-refractivity contribution in [3.63, 3.8) is 0 Å². The standard InChI is InChI=1S/C10H10BrN3O/c1-14-6-12-10(13-14)7-4-3-5-8(15-2)9(7)11/h3-6H,1-2H3. The van der Waals surface area contributed by atoms with Crippen LogP contribution in [0.5, 0.6) is 5.75 Å². The molecule has 1 aromatic carbocycles. The average molecular weight is 268 g/mol. The van der Waals surface area contributed by atoms with Gasteiger partial charge in [-0.25, -0.2) is 4.98 Å². The number of nitrogens with zero attached hydrogens (tertiary/aromatic N) is 3. The highest BCUT2D eigenvalue weighted by Gasteiger charge is 2.10. The largest absolute Gasteiger partial charge is 0.496 e. The molecule has 0 amide bonds. The number of rotatable bonds is 2. The van der Waals surface area contributed by atoms with Crippen molar-refractivity contribution in [1.29, 1.82) is 0 Å². The minimum Gasteiger partial charge on any atom is -0.496 e. The van der Waals surface area contributed by atoms with Crippen LogP contribution in [0.15, 0.2) is 29.0 Å². The molecule has 2 rings (SSSR count). The van der Waals surface area contributed by atoms with Gasteiger partial charge in [-0.15, -0.1) is 0 Å². The van der Waals surface area contributed by atoms with Gasteiger partial charge in [-0.3, -0.25) is 4.68 Å². The van der Waals surface area contributed by atoms with Crippen LogP contribution in [-0.2, 0) is 7.05 Å². The Bertz CT molecular complexity index is 481. The molecular formula is C10H10BrN3O. The van der Waals surface area contributed by atoms with Crippen LogP contribution in [0.3, 0.4) is 0 Å². The molecule has 5 heteroatoms. The van der Waals surface area contributed by atoms with Crippen molar-refractivity contribution in [2.24, 2.45) is 7.05 Å². The van der Waals surface area contributed by atoms with E-state index in [-0.39, 0.29) is 0 Å². The summed E-state index contributed by atoms with van der Waals surface area (Å²) in [6.45, 7) is 0. The summed E-state index contributed by atoms with van der Waals surface area (Å²) < 4.78 is 7.75. The number of benzene rings is 1. The Morgan fingerprint density at radius 2 is 2.20 bits per heavy atom. The van der Waals surface area contributed by atoms with E-state index in [2.05, 4.69) is 26.0 Å². The number of aromatic nitrogens is 3. The van der Waals surface area contributed by atoms with Gasteiger partial charge in [0, 0.05) is 12.6 Å². The zero-order valence-electron chi connectivity index (χ0n) is 8.44. The molecule has 2 aromatic rings. The number of methoxy groups -OCH3 is 1. The molecule has 0 unspecified atom stereocenters. The molecule has 0 bridgehead atoms. The fourth-order valence-corrected chi connectivity index (χ4v) is 1.91. The number of aryl methyl sites for hydroxylation is 1. The first-order chi connectivity index (χ1) is 7.22. The molecular weight excluding hydrogens is 258 g/mol. The molecule has 0 saturated heterocycles. The van der Waals surface area contributed by atoms with Crippen LogP contribution in [-0.4, -0.2) is 21.9 Å². The highest BCUT2D eigenvalue weighted by molar-refractivity contribution is 9.10. The molecule has 0 atom stereocenters. The van der Waals surface area contributed by atoms with Crippen molar-refractivity contribution in [3.05, 3.63) is 29.0 Å². The molecule has 0 aliphatic rings. The summed E-state index contributed by atoms with van der Waals surface area (Å²) in [5.41, 5.74) is 0.926. The third kappa shape index (κ3) is 1.87. The second kappa shape index (κ2) is 4.02. The molecule has 78 valence electrons. The topological polar surface area (TPSA) is 39.9 Å². The van der Waals surface area contributed by atoms with Gasteiger partial charge in [-0.05, 0) is 28.1 Å². The lowest BCUT2D eigenvalue weighted by atomic mass is 10.2. The van der Waals surface area contributed by atoms with E-state index in [1.165, 1.54) is 0 Å². The Morgan fingerprint density at radius 3 is 2.80 bits per heavy atom. The highest BCUT2D eigenvalue weighted by atomic mass is 79.9. The van der Waals surface area contributed by atoms with Crippen molar-refractivity contribution in [2.75, 3.05) is 7.11 Å². The molecule has 1 heterocycles. The predicted octanol–water partition coefficient (Wildman–Crippen LogP) is 2.25. The fraction of sp³-hybridized carbons (Fsp3) is 0.200. The molecule has 0 N–H and O–H groups in total.